The van der Waals surface area contributed by atoms with E-state index in [1.165, 1.54) is 0 Å². The van der Waals surface area contributed by atoms with Crippen molar-refractivity contribution in [3.63, 3.8) is 0 Å². The Kier molecular flexibility index (Phi) is 6.28. The van der Waals surface area contributed by atoms with Crippen molar-refractivity contribution in [2.75, 3.05) is 11.9 Å². The minimum absolute atomic E-state index is 0.223. The van der Waals surface area contributed by atoms with Gasteiger partial charge in [0.25, 0.3) is 5.91 Å². The molecular weight excluding hydrogens is 298 g/mol. The number of anilines is 1. The molecule has 0 radical (unpaired) electrons. The number of unbranched alkanes of at least 4 members (excludes halogenated alkanes) is 2. The fourth-order valence-electron chi connectivity index (χ4n) is 2.07. The van der Waals surface area contributed by atoms with Crippen LogP contribution in [0, 0.1) is 0 Å². The summed E-state index contributed by atoms with van der Waals surface area (Å²) in [6.07, 6.45) is 3.24. The Hall–Kier alpha value is -2.00. The van der Waals surface area contributed by atoms with Crippen molar-refractivity contribution in [2.45, 2.75) is 26.2 Å². The fraction of sp³-hybridized carbons (Fsp3) is 0.278. The van der Waals surface area contributed by atoms with Gasteiger partial charge in [-0.2, -0.15) is 0 Å². The summed E-state index contributed by atoms with van der Waals surface area (Å²) in [7, 11) is 0. The second kappa shape index (κ2) is 8.44. The Morgan fingerprint density at radius 2 is 1.82 bits per heavy atom. The lowest BCUT2D eigenvalue weighted by Gasteiger charge is -2.12. The number of para-hydroxylation sites is 2. The van der Waals surface area contributed by atoms with E-state index in [2.05, 4.69) is 12.2 Å². The second-order valence-corrected chi connectivity index (χ2v) is 5.39. The van der Waals surface area contributed by atoms with Gasteiger partial charge in [-0.05, 0) is 30.7 Å². The van der Waals surface area contributed by atoms with Gasteiger partial charge in [0.1, 0.15) is 5.75 Å². The first kappa shape index (κ1) is 16.4. The van der Waals surface area contributed by atoms with Gasteiger partial charge in [-0.15, -0.1) is 0 Å². The van der Waals surface area contributed by atoms with E-state index in [4.69, 9.17) is 16.3 Å². The Bertz CT molecular complexity index is 628. The van der Waals surface area contributed by atoms with Gasteiger partial charge in [-0.1, -0.05) is 55.6 Å². The fourth-order valence-corrected chi connectivity index (χ4v) is 2.25. The molecule has 4 heteroatoms. The van der Waals surface area contributed by atoms with Gasteiger partial charge >= 0.3 is 0 Å². The number of hydrogen-bond donors (Lipinski definition) is 1. The second-order valence-electron chi connectivity index (χ2n) is 4.99. The van der Waals surface area contributed by atoms with Gasteiger partial charge in [0.05, 0.1) is 22.9 Å². The number of rotatable bonds is 7. The molecule has 0 spiro atoms. The predicted molar refractivity (Wildman–Crippen MR) is 90.9 cm³/mol. The molecule has 0 atom stereocenters. The SMILES string of the molecule is CCCCCOc1ccccc1C(=O)Nc1ccccc1Cl. The summed E-state index contributed by atoms with van der Waals surface area (Å²) >= 11 is 6.07. The molecule has 0 saturated heterocycles. The standard InChI is InChI=1S/C18H20ClNO2/c1-2-3-8-13-22-17-12-7-4-9-14(17)18(21)20-16-11-6-5-10-15(16)19/h4-7,9-12H,2-3,8,13H2,1H3,(H,20,21). The third-order valence-electron chi connectivity index (χ3n) is 3.26. The number of halogens is 1. The molecule has 2 rings (SSSR count). The van der Waals surface area contributed by atoms with Crippen LogP contribution in [-0.4, -0.2) is 12.5 Å². The summed E-state index contributed by atoms with van der Waals surface area (Å²) < 4.78 is 5.73. The number of benzene rings is 2. The van der Waals surface area contributed by atoms with Crippen LogP contribution in [0.5, 0.6) is 5.75 Å². The van der Waals surface area contributed by atoms with Crippen molar-refractivity contribution in [1.29, 1.82) is 0 Å². The number of carbonyl (C=O) groups excluding carboxylic acids is 1. The van der Waals surface area contributed by atoms with Gasteiger partial charge in [-0.3, -0.25) is 4.79 Å². The Labute approximate surface area is 136 Å². The van der Waals surface area contributed by atoms with Crippen LogP contribution in [0.1, 0.15) is 36.5 Å². The quantitative estimate of drug-likeness (QED) is 0.716. The normalized spacial score (nSPS) is 10.3. The highest BCUT2D eigenvalue weighted by Crippen LogP contribution is 2.24. The minimum Gasteiger partial charge on any atom is -0.493 e. The zero-order valence-corrected chi connectivity index (χ0v) is 13.4. The first-order chi connectivity index (χ1) is 10.7. The predicted octanol–water partition coefficient (Wildman–Crippen LogP) is 5.16. The molecular formula is C18H20ClNO2. The smallest absolute Gasteiger partial charge is 0.259 e. The van der Waals surface area contributed by atoms with Crippen LogP contribution in [-0.2, 0) is 0 Å². The molecule has 22 heavy (non-hydrogen) atoms. The molecule has 0 saturated carbocycles. The van der Waals surface area contributed by atoms with E-state index in [9.17, 15) is 4.79 Å². The van der Waals surface area contributed by atoms with Gasteiger partial charge in [0, 0.05) is 0 Å². The molecule has 0 heterocycles. The molecule has 0 aliphatic carbocycles. The first-order valence-corrected chi connectivity index (χ1v) is 7.88. The van der Waals surface area contributed by atoms with E-state index in [-0.39, 0.29) is 5.91 Å². The zero-order valence-electron chi connectivity index (χ0n) is 12.6. The summed E-state index contributed by atoms with van der Waals surface area (Å²) in [4.78, 5) is 12.4. The lowest BCUT2D eigenvalue weighted by Crippen LogP contribution is -2.14. The third kappa shape index (κ3) is 4.50. The molecule has 116 valence electrons. The Balaban J connectivity index is 2.07. The van der Waals surface area contributed by atoms with E-state index >= 15 is 0 Å². The van der Waals surface area contributed by atoms with Crippen molar-refractivity contribution in [1.82, 2.24) is 0 Å². The van der Waals surface area contributed by atoms with Crippen LogP contribution in [0.3, 0.4) is 0 Å². The van der Waals surface area contributed by atoms with E-state index in [1.807, 2.05) is 30.3 Å². The summed E-state index contributed by atoms with van der Waals surface area (Å²) in [5.41, 5.74) is 1.11. The molecule has 2 aromatic rings. The van der Waals surface area contributed by atoms with Crippen LogP contribution < -0.4 is 10.1 Å². The molecule has 0 aliphatic rings. The van der Waals surface area contributed by atoms with Gasteiger partial charge < -0.3 is 10.1 Å². The maximum absolute atomic E-state index is 12.4. The van der Waals surface area contributed by atoms with Crippen LogP contribution in [0.4, 0.5) is 5.69 Å². The number of ether oxygens (including phenoxy) is 1. The number of amides is 1. The van der Waals surface area contributed by atoms with Crippen LogP contribution in [0.15, 0.2) is 48.5 Å². The summed E-state index contributed by atoms with van der Waals surface area (Å²) in [5, 5.41) is 3.33. The number of hydrogen-bond acceptors (Lipinski definition) is 2. The molecule has 0 unspecified atom stereocenters. The minimum atomic E-state index is -0.223. The highest BCUT2D eigenvalue weighted by atomic mass is 35.5. The van der Waals surface area contributed by atoms with E-state index < -0.39 is 0 Å². The van der Waals surface area contributed by atoms with Gasteiger partial charge in [0.15, 0.2) is 0 Å². The molecule has 0 bridgehead atoms. The molecule has 0 aromatic heterocycles. The summed E-state index contributed by atoms with van der Waals surface area (Å²) in [5.74, 6) is 0.377. The Morgan fingerprint density at radius 3 is 2.59 bits per heavy atom. The van der Waals surface area contributed by atoms with Crippen molar-refractivity contribution in [3.05, 3.63) is 59.1 Å². The van der Waals surface area contributed by atoms with Crippen molar-refractivity contribution < 1.29 is 9.53 Å². The van der Waals surface area contributed by atoms with E-state index in [0.717, 1.165) is 19.3 Å². The maximum Gasteiger partial charge on any atom is 0.259 e. The molecule has 3 nitrogen and oxygen atoms in total. The molecule has 0 fully saturated rings. The maximum atomic E-state index is 12.4. The Morgan fingerprint density at radius 1 is 1.09 bits per heavy atom. The van der Waals surface area contributed by atoms with Crippen LogP contribution >= 0.6 is 11.6 Å². The highest BCUT2D eigenvalue weighted by Gasteiger charge is 2.13. The molecule has 1 amide bonds. The van der Waals surface area contributed by atoms with E-state index in [1.54, 1.807) is 18.2 Å². The number of carbonyl (C=O) groups is 1. The first-order valence-electron chi connectivity index (χ1n) is 7.50. The highest BCUT2D eigenvalue weighted by molar-refractivity contribution is 6.33. The van der Waals surface area contributed by atoms with Gasteiger partial charge in [-0.25, -0.2) is 0 Å². The van der Waals surface area contributed by atoms with Crippen molar-refractivity contribution in [3.8, 4) is 5.75 Å². The molecule has 2 aromatic carbocycles. The monoisotopic (exact) mass is 317 g/mol. The van der Waals surface area contributed by atoms with Gasteiger partial charge in [0.2, 0.25) is 0 Å². The topological polar surface area (TPSA) is 38.3 Å². The van der Waals surface area contributed by atoms with Crippen molar-refractivity contribution in [2.24, 2.45) is 0 Å². The average molecular weight is 318 g/mol. The summed E-state index contributed by atoms with van der Waals surface area (Å²) in [6.45, 7) is 2.76. The lowest BCUT2D eigenvalue weighted by molar-refractivity contribution is 0.102. The largest absolute Gasteiger partial charge is 0.493 e. The molecule has 1 N–H and O–H groups in total. The average Bonchev–Trinajstić information content (AvgIpc) is 2.54. The van der Waals surface area contributed by atoms with E-state index in [0.29, 0.717) is 28.6 Å². The zero-order chi connectivity index (χ0) is 15.8. The van der Waals surface area contributed by atoms with Crippen LogP contribution in [0.25, 0.3) is 0 Å². The third-order valence-corrected chi connectivity index (χ3v) is 3.59. The summed E-state index contributed by atoms with van der Waals surface area (Å²) in [6, 6.07) is 14.4. The van der Waals surface area contributed by atoms with Crippen LogP contribution in [0.2, 0.25) is 5.02 Å². The lowest BCUT2D eigenvalue weighted by atomic mass is 10.1. The number of nitrogens with one attached hydrogen (secondary N) is 1. The van der Waals surface area contributed by atoms with Crippen molar-refractivity contribution >= 4 is 23.2 Å². The molecule has 0 aliphatic heterocycles.